The third-order valence-electron chi connectivity index (χ3n) is 6.39. The van der Waals surface area contributed by atoms with Crippen molar-refractivity contribution in [2.45, 2.75) is 65.4 Å². The van der Waals surface area contributed by atoms with Gasteiger partial charge in [0.25, 0.3) is 0 Å². The van der Waals surface area contributed by atoms with Gasteiger partial charge in [0.05, 0.1) is 6.10 Å². The van der Waals surface area contributed by atoms with Crippen molar-refractivity contribution in [2.75, 3.05) is 0 Å². The minimum Gasteiger partial charge on any atom is -0.393 e. The summed E-state index contributed by atoms with van der Waals surface area (Å²) in [5, 5.41) is 10.7. The van der Waals surface area contributed by atoms with E-state index in [-0.39, 0.29) is 16.9 Å². The van der Waals surface area contributed by atoms with Crippen LogP contribution in [0.3, 0.4) is 0 Å². The molecule has 0 spiro atoms. The molecule has 2 heteroatoms. The first kappa shape index (κ1) is 13.4. The predicted octanol–water partition coefficient (Wildman–Crippen LogP) is 3.49. The topological polar surface area (TPSA) is 37.3 Å². The van der Waals surface area contributed by atoms with Gasteiger partial charge in [0.15, 0.2) is 5.78 Å². The largest absolute Gasteiger partial charge is 0.393 e. The fourth-order valence-corrected chi connectivity index (χ4v) is 5.22. The second-order valence-electron chi connectivity index (χ2n) is 7.72. The van der Waals surface area contributed by atoms with Crippen LogP contribution in [-0.2, 0) is 4.79 Å². The first-order valence-corrected chi connectivity index (χ1v) is 7.78. The number of carbonyl (C=O) groups excluding carboxylic acids is 1. The van der Waals surface area contributed by atoms with Crippen LogP contribution in [0.2, 0.25) is 0 Å². The number of hydrogen-bond acceptors (Lipinski definition) is 2. The molecule has 4 atom stereocenters. The van der Waals surface area contributed by atoms with Crippen LogP contribution in [0.15, 0.2) is 11.6 Å². The van der Waals surface area contributed by atoms with Gasteiger partial charge in [-0.2, -0.15) is 0 Å². The van der Waals surface area contributed by atoms with Crippen molar-refractivity contribution < 1.29 is 9.90 Å². The molecule has 2 fully saturated rings. The molecule has 106 valence electrons. The molecule has 0 aromatic rings. The van der Waals surface area contributed by atoms with Gasteiger partial charge in [0.2, 0.25) is 0 Å². The average Bonchev–Trinajstić information content (AvgIpc) is 2.36. The fourth-order valence-electron chi connectivity index (χ4n) is 5.22. The summed E-state index contributed by atoms with van der Waals surface area (Å²) in [6, 6.07) is 0. The zero-order valence-corrected chi connectivity index (χ0v) is 12.4. The van der Waals surface area contributed by atoms with E-state index in [0.29, 0.717) is 24.0 Å². The number of allylic oxidation sites excluding steroid dienone is 2. The molecule has 0 aromatic heterocycles. The van der Waals surface area contributed by atoms with Gasteiger partial charge in [-0.15, -0.1) is 0 Å². The normalized spacial score (nSPS) is 45.2. The molecule has 2 saturated carbocycles. The first-order valence-electron chi connectivity index (χ1n) is 7.78. The quantitative estimate of drug-likeness (QED) is 0.725. The molecular formula is C17H26O2. The summed E-state index contributed by atoms with van der Waals surface area (Å²) < 4.78 is 0. The molecule has 0 amide bonds. The minimum absolute atomic E-state index is 0.0953. The zero-order chi connectivity index (χ0) is 13.8. The number of Topliss-reactive ketones (excluding diaryl/α,β-unsaturated/α-hetero) is 1. The molecular weight excluding hydrogens is 236 g/mol. The van der Waals surface area contributed by atoms with Gasteiger partial charge in [-0.25, -0.2) is 0 Å². The molecule has 3 rings (SSSR count). The van der Waals surface area contributed by atoms with Crippen LogP contribution in [0.5, 0.6) is 0 Å². The maximum Gasteiger partial charge on any atom is 0.158 e. The van der Waals surface area contributed by atoms with Crippen LogP contribution in [0.25, 0.3) is 0 Å². The summed E-state index contributed by atoms with van der Waals surface area (Å²) in [7, 11) is 0. The van der Waals surface area contributed by atoms with Crippen molar-refractivity contribution in [3.05, 3.63) is 11.6 Å². The van der Waals surface area contributed by atoms with E-state index in [9.17, 15) is 9.90 Å². The number of rotatable bonds is 0. The zero-order valence-electron chi connectivity index (χ0n) is 12.4. The molecule has 3 aliphatic carbocycles. The van der Waals surface area contributed by atoms with Crippen LogP contribution in [0.4, 0.5) is 0 Å². The summed E-state index contributed by atoms with van der Waals surface area (Å²) in [6.45, 7) is 6.93. The molecule has 0 aromatic carbocycles. The number of fused-ring (bicyclic) bond motifs is 3. The summed E-state index contributed by atoms with van der Waals surface area (Å²) in [4.78, 5) is 12.2. The number of carbonyl (C=O) groups is 1. The van der Waals surface area contributed by atoms with E-state index >= 15 is 0 Å². The lowest BCUT2D eigenvalue weighted by Gasteiger charge is -2.59. The number of ketones is 1. The number of aliphatic hydroxyl groups is 1. The first-order chi connectivity index (χ1) is 8.87. The minimum atomic E-state index is -0.245. The maximum atomic E-state index is 12.2. The van der Waals surface area contributed by atoms with Crippen molar-refractivity contribution in [1.82, 2.24) is 0 Å². The van der Waals surface area contributed by atoms with Gasteiger partial charge in [-0.1, -0.05) is 26.8 Å². The van der Waals surface area contributed by atoms with Crippen molar-refractivity contribution in [1.29, 1.82) is 0 Å². The van der Waals surface area contributed by atoms with Crippen LogP contribution in [-0.4, -0.2) is 17.0 Å². The Bertz CT molecular complexity index is 435. The van der Waals surface area contributed by atoms with Crippen molar-refractivity contribution in [3.63, 3.8) is 0 Å². The highest BCUT2D eigenvalue weighted by atomic mass is 16.3. The Balaban J connectivity index is 2.07. The van der Waals surface area contributed by atoms with E-state index in [1.54, 1.807) is 0 Å². The van der Waals surface area contributed by atoms with E-state index in [1.165, 1.54) is 0 Å². The Morgan fingerprint density at radius 2 is 2.00 bits per heavy atom. The third-order valence-corrected chi connectivity index (χ3v) is 6.39. The van der Waals surface area contributed by atoms with Gasteiger partial charge in [-0.05, 0) is 54.9 Å². The monoisotopic (exact) mass is 262 g/mol. The molecule has 0 bridgehead atoms. The van der Waals surface area contributed by atoms with Crippen LogP contribution < -0.4 is 0 Å². The van der Waals surface area contributed by atoms with E-state index < -0.39 is 0 Å². The maximum absolute atomic E-state index is 12.2. The smallest absolute Gasteiger partial charge is 0.158 e. The SMILES string of the molecule is CC1(C)CC[C@H](O)[C@@]2(C)[C@@H]3CCCC(=O)C3=CC[C@H]12. The second kappa shape index (κ2) is 4.18. The van der Waals surface area contributed by atoms with Crippen molar-refractivity contribution in [3.8, 4) is 0 Å². The highest BCUT2D eigenvalue weighted by Gasteiger charge is 2.57. The van der Waals surface area contributed by atoms with E-state index in [4.69, 9.17) is 0 Å². The van der Waals surface area contributed by atoms with Crippen LogP contribution >= 0.6 is 0 Å². The Morgan fingerprint density at radius 3 is 2.74 bits per heavy atom. The molecule has 1 N–H and O–H groups in total. The van der Waals surface area contributed by atoms with Gasteiger partial charge in [0, 0.05) is 11.8 Å². The highest BCUT2D eigenvalue weighted by molar-refractivity contribution is 5.96. The lowest BCUT2D eigenvalue weighted by atomic mass is 9.46. The van der Waals surface area contributed by atoms with Gasteiger partial charge in [-0.3, -0.25) is 4.79 Å². The molecule has 19 heavy (non-hydrogen) atoms. The summed E-state index contributed by atoms with van der Waals surface area (Å²) >= 11 is 0. The van der Waals surface area contributed by atoms with Gasteiger partial charge >= 0.3 is 0 Å². The fraction of sp³-hybridized carbons (Fsp3) is 0.824. The standard InChI is InChI=1S/C17H26O2/c1-16(2)10-9-15(19)17(3)12-5-4-6-13(18)11(12)7-8-14(16)17/h7,12,14-15,19H,4-6,8-10H2,1-3H3/t12-,14-,15+,17+/m1/s1. The van der Waals surface area contributed by atoms with Crippen molar-refractivity contribution in [2.24, 2.45) is 22.7 Å². The Hall–Kier alpha value is -0.630. The Labute approximate surface area is 116 Å². The lowest BCUT2D eigenvalue weighted by molar-refractivity contribution is -0.139. The molecule has 0 aliphatic heterocycles. The number of aliphatic hydroxyl groups excluding tert-OH is 1. The Kier molecular flexibility index (Phi) is 2.94. The molecule has 0 unspecified atom stereocenters. The molecule has 0 heterocycles. The highest BCUT2D eigenvalue weighted by Crippen LogP contribution is 2.61. The van der Waals surface area contributed by atoms with Crippen LogP contribution in [0, 0.1) is 22.7 Å². The lowest BCUT2D eigenvalue weighted by Crippen LogP contribution is -2.57. The van der Waals surface area contributed by atoms with Crippen LogP contribution in [0.1, 0.15) is 59.3 Å². The molecule has 0 radical (unpaired) electrons. The molecule has 3 aliphatic rings. The van der Waals surface area contributed by atoms with Gasteiger partial charge < -0.3 is 5.11 Å². The van der Waals surface area contributed by atoms with Crippen molar-refractivity contribution >= 4 is 5.78 Å². The summed E-state index contributed by atoms with van der Waals surface area (Å²) in [6.07, 6.45) is 7.70. The molecule has 2 nitrogen and oxygen atoms in total. The van der Waals surface area contributed by atoms with E-state index in [0.717, 1.165) is 37.7 Å². The van der Waals surface area contributed by atoms with Gasteiger partial charge in [0.1, 0.15) is 0 Å². The average molecular weight is 262 g/mol. The van der Waals surface area contributed by atoms with E-state index in [1.807, 2.05) is 0 Å². The molecule has 0 saturated heterocycles. The van der Waals surface area contributed by atoms with E-state index in [2.05, 4.69) is 26.8 Å². The second-order valence-corrected chi connectivity index (χ2v) is 7.72. The predicted molar refractivity (Wildman–Crippen MR) is 75.7 cm³/mol. The Morgan fingerprint density at radius 1 is 1.26 bits per heavy atom. The number of hydrogen-bond donors (Lipinski definition) is 1. The third kappa shape index (κ3) is 1.75. The summed E-state index contributed by atoms with van der Waals surface area (Å²) in [5.74, 6) is 1.14. The summed E-state index contributed by atoms with van der Waals surface area (Å²) in [5.41, 5.74) is 1.22.